The third-order valence-corrected chi connectivity index (χ3v) is 5.94. The minimum absolute atomic E-state index is 0.0764. The fourth-order valence-corrected chi connectivity index (χ4v) is 3.83. The van der Waals surface area contributed by atoms with Crippen LogP contribution in [0, 0.1) is 11.6 Å². The highest BCUT2D eigenvalue weighted by molar-refractivity contribution is 6.09. The van der Waals surface area contributed by atoms with Crippen LogP contribution >= 0.6 is 0 Å². The van der Waals surface area contributed by atoms with Gasteiger partial charge >= 0.3 is 0 Å². The Morgan fingerprint density at radius 1 is 1.24 bits per heavy atom. The van der Waals surface area contributed by atoms with Crippen LogP contribution < -0.4 is 16.2 Å². The van der Waals surface area contributed by atoms with Crippen LogP contribution in [0.4, 0.5) is 14.5 Å². The zero-order valence-corrected chi connectivity index (χ0v) is 19.0. The molecule has 1 aromatic carbocycles. The average molecular weight is 464 g/mol. The minimum Gasteiger partial charge on any atom is -0.348 e. The minimum atomic E-state index is -1.12. The summed E-state index contributed by atoms with van der Waals surface area (Å²) >= 11 is 0. The highest BCUT2D eigenvalue weighted by Gasteiger charge is 2.28. The predicted octanol–water partition coefficient (Wildman–Crippen LogP) is 1.74. The number of anilines is 1. The molecule has 0 unspecified atom stereocenters. The zero-order valence-electron chi connectivity index (χ0n) is 19.0. The van der Waals surface area contributed by atoms with E-state index >= 15 is 0 Å². The maximum Gasteiger partial charge on any atom is 0.278 e. The first-order valence-electron chi connectivity index (χ1n) is 11.1. The number of rotatable bonds is 9. The SMILES string of the molecule is CC[C@@H](CCCN1CCN(C)CC1)NC(=O)c1n[nH]cc1N(N)C(=O)c1c(F)cccc1F. The van der Waals surface area contributed by atoms with Crippen LogP contribution in [0.3, 0.4) is 0 Å². The van der Waals surface area contributed by atoms with Gasteiger partial charge in [-0.05, 0) is 45.0 Å². The Kier molecular flexibility index (Phi) is 8.48. The van der Waals surface area contributed by atoms with Crippen LogP contribution in [0.15, 0.2) is 24.4 Å². The molecule has 0 bridgehead atoms. The number of halogens is 2. The highest BCUT2D eigenvalue weighted by atomic mass is 19.1. The summed E-state index contributed by atoms with van der Waals surface area (Å²) in [6.45, 7) is 7.14. The summed E-state index contributed by atoms with van der Waals surface area (Å²) in [7, 11) is 2.12. The number of amides is 2. The Balaban J connectivity index is 1.60. The molecule has 1 saturated heterocycles. The molecule has 11 heteroatoms. The van der Waals surface area contributed by atoms with E-state index in [9.17, 15) is 18.4 Å². The molecular formula is C22H31F2N7O2. The molecule has 33 heavy (non-hydrogen) atoms. The number of hydrazine groups is 1. The largest absolute Gasteiger partial charge is 0.348 e. The molecule has 2 amide bonds. The van der Waals surface area contributed by atoms with Gasteiger partial charge in [-0.1, -0.05) is 13.0 Å². The molecule has 0 aliphatic carbocycles. The Hall–Kier alpha value is -2.89. The average Bonchev–Trinajstić information content (AvgIpc) is 3.29. The van der Waals surface area contributed by atoms with Gasteiger partial charge in [-0.25, -0.2) is 19.6 Å². The van der Waals surface area contributed by atoms with Crippen molar-refractivity contribution in [3.8, 4) is 0 Å². The van der Waals surface area contributed by atoms with Crippen LogP contribution in [0.1, 0.15) is 47.0 Å². The molecule has 0 saturated carbocycles. The molecule has 1 atom stereocenters. The van der Waals surface area contributed by atoms with Crippen molar-refractivity contribution < 1.29 is 18.4 Å². The van der Waals surface area contributed by atoms with E-state index in [0.29, 0.717) is 5.01 Å². The molecule has 3 rings (SSSR count). The molecule has 9 nitrogen and oxygen atoms in total. The number of hydrogen-bond acceptors (Lipinski definition) is 6. The molecular weight excluding hydrogens is 432 g/mol. The van der Waals surface area contributed by atoms with E-state index in [1.54, 1.807) is 0 Å². The lowest BCUT2D eigenvalue weighted by molar-refractivity contribution is 0.0926. The predicted molar refractivity (Wildman–Crippen MR) is 121 cm³/mol. The van der Waals surface area contributed by atoms with Gasteiger partial charge in [0, 0.05) is 38.4 Å². The lowest BCUT2D eigenvalue weighted by Crippen LogP contribution is -2.45. The Morgan fingerprint density at radius 3 is 2.55 bits per heavy atom. The summed E-state index contributed by atoms with van der Waals surface area (Å²) in [4.78, 5) is 30.2. The Labute approximate surface area is 191 Å². The molecule has 1 aliphatic heterocycles. The van der Waals surface area contributed by atoms with Gasteiger partial charge in [-0.3, -0.25) is 14.7 Å². The number of nitrogens with two attached hydrogens (primary N) is 1. The van der Waals surface area contributed by atoms with Crippen molar-refractivity contribution in [2.75, 3.05) is 44.8 Å². The van der Waals surface area contributed by atoms with E-state index in [0.717, 1.165) is 70.2 Å². The second-order valence-corrected chi connectivity index (χ2v) is 8.26. The van der Waals surface area contributed by atoms with Gasteiger partial charge < -0.3 is 15.1 Å². The van der Waals surface area contributed by atoms with E-state index < -0.39 is 29.0 Å². The summed E-state index contributed by atoms with van der Waals surface area (Å²) in [6, 6.07) is 2.98. The molecule has 0 spiro atoms. The number of nitrogens with one attached hydrogen (secondary N) is 2. The molecule has 1 fully saturated rings. The van der Waals surface area contributed by atoms with Crippen molar-refractivity contribution in [1.82, 2.24) is 25.3 Å². The van der Waals surface area contributed by atoms with Gasteiger partial charge in [-0.15, -0.1) is 0 Å². The molecule has 2 aromatic rings. The lowest BCUT2D eigenvalue weighted by atomic mass is 10.1. The van der Waals surface area contributed by atoms with E-state index in [2.05, 4.69) is 32.4 Å². The maximum atomic E-state index is 14.0. The van der Waals surface area contributed by atoms with Crippen molar-refractivity contribution >= 4 is 17.5 Å². The number of carbonyl (C=O) groups excluding carboxylic acids is 2. The smallest absolute Gasteiger partial charge is 0.278 e. The second-order valence-electron chi connectivity index (χ2n) is 8.26. The topological polar surface area (TPSA) is 111 Å². The molecule has 2 heterocycles. The monoisotopic (exact) mass is 463 g/mol. The van der Waals surface area contributed by atoms with Crippen LogP contribution in [0.2, 0.25) is 0 Å². The lowest BCUT2D eigenvalue weighted by Gasteiger charge is -2.32. The van der Waals surface area contributed by atoms with E-state index in [4.69, 9.17) is 5.84 Å². The summed E-state index contributed by atoms with van der Waals surface area (Å²) in [5, 5.41) is 9.83. The zero-order chi connectivity index (χ0) is 24.0. The third-order valence-electron chi connectivity index (χ3n) is 5.94. The van der Waals surface area contributed by atoms with Gasteiger partial charge in [0.1, 0.15) is 22.9 Å². The fourth-order valence-electron chi connectivity index (χ4n) is 3.83. The van der Waals surface area contributed by atoms with Crippen LogP contribution in [-0.4, -0.2) is 77.6 Å². The quantitative estimate of drug-likeness (QED) is 0.297. The summed E-state index contributed by atoms with van der Waals surface area (Å²) in [5.41, 5.74) is -1.00. The number of benzene rings is 1. The summed E-state index contributed by atoms with van der Waals surface area (Å²) in [6.07, 6.45) is 3.68. The summed E-state index contributed by atoms with van der Waals surface area (Å²) < 4.78 is 28.0. The van der Waals surface area contributed by atoms with Crippen molar-refractivity contribution in [1.29, 1.82) is 0 Å². The number of aromatic nitrogens is 2. The molecule has 0 radical (unpaired) electrons. The molecule has 180 valence electrons. The fraction of sp³-hybridized carbons (Fsp3) is 0.500. The normalized spacial score (nSPS) is 15.9. The van der Waals surface area contributed by atoms with E-state index in [-0.39, 0.29) is 17.4 Å². The van der Waals surface area contributed by atoms with Crippen molar-refractivity contribution in [2.24, 2.45) is 5.84 Å². The van der Waals surface area contributed by atoms with Gasteiger partial charge in [0.25, 0.3) is 11.8 Å². The van der Waals surface area contributed by atoms with Gasteiger partial charge in [-0.2, -0.15) is 5.10 Å². The third kappa shape index (κ3) is 6.12. The number of H-pyrrole nitrogens is 1. The van der Waals surface area contributed by atoms with Gasteiger partial charge in [0.05, 0.1) is 0 Å². The van der Waals surface area contributed by atoms with Crippen molar-refractivity contribution in [3.05, 3.63) is 47.3 Å². The van der Waals surface area contributed by atoms with Crippen LogP contribution in [0.25, 0.3) is 0 Å². The number of aromatic amines is 1. The molecule has 1 aromatic heterocycles. The first-order valence-corrected chi connectivity index (χ1v) is 11.1. The van der Waals surface area contributed by atoms with Crippen molar-refractivity contribution in [2.45, 2.75) is 32.2 Å². The number of hydrogen-bond donors (Lipinski definition) is 3. The molecule has 4 N–H and O–H groups in total. The number of piperazine rings is 1. The van der Waals surface area contributed by atoms with Crippen molar-refractivity contribution in [3.63, 3.8) is 0 Å². The summed E-state index contributed by atoms with van der Waals surface area (Å²) in [5.74, 6) is 2.10. The Bertz CT molecular complexity index is 940. The van der Waals surface area contributed by atoms with Gasteiger partial charge in [0.2, 0.25) is 0 Å². The number of nitrogens with zero attached hydrogens (tertiary/aromatic N) is 4. The Morgan fingerprint density at radius 2 is 1.91 bits per heavy atom. The van der Waals surface area contributed by atoms with Gasteiger partial charge in [0.15, 0.2) is 5.69 Å². The molecule has 1 aliphatic rings. The standard InChI is InChI=1S/C22H31F2N7O2/c1-3-15(6-5-9-30-12-10-29(2)11-13-30)27-21(32)20-18(14-26-28-20)31(25)22(33)19-16(23)7-4-8-17(19)24/h4,7-8,14-15H,3,5-6,9-13,25H2,1-2H3,(H,26,28)(H,27,32)/t15-/m0/s1. The number of carbonyl (C=O) groups is 2. The highest BCUT2D eigenvalue weighted by Crippen LogP contribution is 2.21. The van der Waals surface area contributed by atoms with Crippen LogP contribution in [-0.2, 0) is 0 Å². The number of likely N-dealkylation sites (N-methyl/N-ethyl adjacent to an activating group) is 1. The van der Waals surface area contributed by atoms with Crippen LogP contribution in [0.5, 0.6) is 0 Å². The first-order chi connectivity index (χ1) is 15.8. The maximum absolute atomic E-state index is 14.0. The first kappa shape index (κ1) is 24.7. The second kappa shape index (κ2) is 11.3. The van der Waals surface area contributed by atoms with E-state index in [1.807, 2.05) is 6.92 Å². The van der Waals surface area contributed by atoms with E-state index in [1.165, 1.54) is 6.20 Å².